The fourth-order valence-electron chi connectivity index (χ4n) is 4.73. The van der Waals surface area contributed by atoms with Gasteiger partial charge in [0.25, 0.3) is 0 Å². The van der Waals surface area contributed by atoms with Crippen LogP contribution in [0.2, 0.25) is 0 Å². The number of benzene rings is 1. The summed E-state index contributed by atoms with van der Waals surface area (Å²) in [5, 5.41) is 7.67. The number of anilines is 1. The molecule has 11 heteroatoms. The smallest absolute Gasteiger partial charge is 0.382 e. The number of carbonyl (C=O) groups excluding carboxylic acids is 1. The molecule has 0 bridgehead atoms. The van der Waals surface area contributed by atoms with Gasteiger partial charge < -0.3 is 19.9 Å². The van der Waals surface area contributed by atoms with Gasteiger partial charge in [0.2, 0.25) is 0 Å². The molecule has 1 fully saturated rings. The van der Waals surface area contributed by atoms with Crippen molar-refractivity contribution in [2.45, 2.75) is 44.9 Å². The molecule has 0 radical (unpaired) electrons. The number of hydrogen-bond donors (Lipinski definition) is 2. The molecule has 3 aliphatic heterocycles. The molecule has 1 atom stereocenters. The fourth-order valence-corrected chi connectivity index (χ4v) is 4.73. The third kappa shape index (κ3) is 6.96. The van der Waals surface area contributed by atoms with E-state index < -0.39 is 17.6 Å². The van der Waals surface area contributed by atoms with Crippen LogP contribution in [-0.4, -0.2) is 60.1 Å². The van der Waals surface area contributed by atoms with Crippen LogP contribution < -0.4 is 10.7 Å². The lowest BCUT2D eigenvalue weighted by molar-refractivity contribution is -0.137. The standard InChI is InChI=1S/C25H26F4N6.C2H6.CH2O/c1-34-10-5-16(6-11-34)23-19-4-9-30-15-20(19)24(33-32-23)35-12-7-18(8-13-35)31-22-3-2-17(26)14-21(22)25(27,28)29;2*1-2/h2-6,9-10,14-15,18,23,31-32H,7-8,11-13H2,1H3;1-2H3;1H2. The highest BCUT2D eigenvalue weighted by atomic mass is 19.4. The van der Waals surface area contributed by atoms with Crippen LogP contribution in [-0.2, 0) is 11.0 Å². The number of nitrogens with one attached hydrogen (secondary N) is 2. The zero-order chi connectivity index (χ0) is 28.6. The van der Waals surface area contributed by atoms with Gasteiger partial charge in [0, 0.05) is 56.4 Å². The highest BCUT2D eigenvalue weighted by Gasteiger charge is 2.35. The van der Waals surface area contributed by atoms with Crippen LogP contribution in [0.3, 0.4) is 0 Å². The van der Waals surface area contributed by atoms with Gasteiger partial charge >= 0.3 is 6.18 Å². The minimum atomic E-state index is -4.63. The number of hydrazone groups is 1. The number of piperidine rings is 1. The first-order valence-corrected chi connectivity index (χ1v) is 12.8. The summed E-state index contributed by atoms with van der Waals surface area (Å²) in [4.78, 5) is 16.5. The third-order valence-corrected chi connectivity index (χ3v) is 6.62. The Morgan fingerprint density at radius 1 is 1.13 bits per heavy atom. The zero-order valence-electron chi connectivity index (χ0n) is 22.3. The number of halogens is 4. The third-order valence-electron chi connectivity index (χ3n) is 6.62. The molecule has 4 heterocycles. The molecule has 1 aromatic carbocycles. The lowest BCUT2D eigenvalue weighted by atomic mass is 9.92. The van der Waals surface area contributed by atoms with E-state index in [0.29, 0.717) is 32.0 Å². The number of likely N-dealkylation sites (N-methyl/N-ethyl adjacent to an activating group) is 1. The van der Waals surface area contributed by atoms with Crippen LogP contribution in [0.25, 0.3) is 0 Å². The number of likely N-dealkylation sites (tertiary alicyclic amines) is 1. The van der Waals surface area contributed by atoms with Crippen molar-refractivity contribution in [1.82, 2.24) is 20.2 Å². The lowest BCUT2D eigenvalue weighted by Gasteiger charge is -2.38. The number of amidine groups is 1. The number of fused-ring (bicyclic) bond motifs is 1. The molecule has 5 rings (SSSR count). The van der Waals surface area contributed by atoms with Gasteiger partial charge in [-0.2, -0.15) is 18.3 Å². The van der Waals surface area contributed by atoms with Crippen LogP contribution >= 0.6 is 0 Å². The van der Waals surface area contributed by atoms with Gasteiger partial charge in [-0.05, 0) is 60.5 Å². The molecule has 0 aliphatic carbocycles. The highest BCUT2D eigenvalue weighted by Crippen LogP contribution is 2.36. The van der Waals surface area contributed by atoms with Crippen LogP contribution in [0, 0.1) is 5.82 Å². The monoisotopic (exact) mass is 546 g/mol. The number of aromatic nitrogens is 1. The molecule has 1 aromatic heterocycles. The maximum atomic E-state index is 13.4. The number of alkyl halides is 3. The van der Waals surface area contributed by atoms with E-state index in [1.165, 1.54) is 0 Å². The minimum Gasteiger partial charge on any atom is -0.382 e. The Morgan fingerprint density at radius 2 is 1.85 bits per heavy atom. The number of pyridine rings is 1. The van der Waals surface area contributed by atoms with E-state index in [4.69, 9.17) is 4.79 Å². The molecule has 2 aromatic rings. The fraction of sp³-hybridized carbons (Fsp3) is 0.393. The summed E-state index contributed by atoms with van der Waals surface area (Å²) in [5.41, 5.74) is 5.40. The molecular weight excluding hydrogens is 512 g/mol. The van der Waals surface area contributed by atoms with E-state index in [-0.39, 0.29) is 17.8 Å². The normalized spacial score (nSPS) is 18.8. The summed E-state index contributed by atoms with van der Waals surface area (Å²) in [5.74, 6) is -0.115. The molecule has 2 N–H and O–H groups in total. The second-order valence-electron chi connectivity index (χ2n) is 9.01. The van der Waals surface area contributed by atoms with Gasteiger partial charge in [0.1, 0.15) is 12.6 Å². The van der Waals surface area contributed by atoms with E-state index in [1.54, 1.807) is 6.20 Å². The van der Waals surface area contributed by atoms with E-state index >= 15 is 0 Å². The van der Waals surface area contributed by atoms with Crippen LogP contribution in [0.15, 0.2) is 65.7 Å². The average molecular weight is 547 g/mol. The summed E-state index contributed by atoms with van der Waals surface area (Å²) in [6.07, 6.45) is 6.49. The Labute approximate surface area is 226 Å². The van der Waals surface area contributed by atoms with Crippen LogP contribution in [0.4, 0.5) is 23.2 Å². The molecule has 1 unspecified atom stereocenters. The number of rotatable bonds is 3. The van der Waals surface area contributed by atoms with E-state index in [1.807, 2.05) is 46.1 Å². The Kier molecular flexibility index (Phi) is 10.1. The van der Waals surface area contributed by atoms with Crippen molar-refractivity contribution >= 4 is 18.3 Å². The maximum absolute atomic E-state index is 13.4. The van der Waals surface area contributed by atoms with Crippen LogP contribution in [0.1, 0.15) is 49.4 Å². The van der Waals surface area contributed by atoms with Crippen molar-refractivity contribution in [3.05, 3.63) is 83.1 Å². The van der Waals surface area contributed by atoms with Gasteiger partial charge in [-0.1, -0.05) is 19.9 Å². The molecule has 1 saturated heterocycles. The summed E-state index contributed by atoms with van der Waals surface area (Å²) < 4.78 is 53.5. The maximum Gasteiger partial charge on any atom is 0.418 e. The van der Waals surface area contributed by atoms with Gasteiger partial charge in [-0.3, -0.25) is 10.4 Å². The predicted octanol–water partition coefficient (Wildman–Crippen LogP) is 5.35. The summed E-state index contributed by atoms with van der Waals surface area (Å²) in [7, 11) is 2.02. The average Bonchev–Trinajstić information content (AvgIpc) is 2.96. The Hall–Kier alpha value is -3.89. The van der Waals surface area contributed by atoms with Gasteiger partial charge in [0.15, 0.2) is 5.84 Å². The van der Waals surface area contributed by atoms with Crippen molar-refractivity contribution in [2.75, 3.05) is 32.0 Å². The summed E-state index contributed by atoms with van der Waals surface area (Å²) >= 11 is 0. The number of hydrogen-bond acceptors (Lipinski definition) is 7. The van der Waals surface area contributed by atoms with E-state index in [2.05, 4.69) is 42.8 Å². The summed E-state index contributed by atoms with van der Waals surface area (Å²) in [6.45, 7) is 8.06. The predicted molar refractivity (Wildman–Crippen MR) is 145 cm³/mol. The topological polar surface area (TPSA) is 72.9 Å². The van der Waals surface area contributed by atoms with Crippen molar-refractivity contribution in [3.63, 3.8) is 0 Å². The zero-order valence-corrected chi connectivity index (χ0v) is 22.3. The van der Waals surface area contributed by atoms with E-state index in [0.717, 1.165) is 41.2 Å². The molecule has 3 aliphatic rings. The van der Waals surface area contributed by atoms with Gasteiger partial charge in [-0.15, -0.1) is 0 Å². The molecule has 0 spiro atoms. The largest absolute Gasteiger partial charge is 0.418 e. The first kappa shape index (κ1) is 29.7. The Balaban J connectivity index is 0.00000100. The van der Waals surface area contributed by atoms with Gasteiger partial charge in [-0.25, -0.2) is 4.39 Å². The molecular formula is C28H34F4N6O. The molecule has 210 valence electrons. The molecule has 0 amide bonds. The molecule has 39 heavy (non-hydrogen) atoms. The Bertz CT molecular complexity index is 1200. The number of nitrogens with zero attached hydrogens (tertiary/aromatic N) is 4. The molecule has 0 saturated carbocycles. The van der Waals surface area contributed by atoms with Gasteiger partial charge in [0.05, 0.1) is 11.6 Å². The van der Waals surface area contributed by atoms with Crippen molar-refractivity contribution < 1.29 is 22.4 Å². The first-order chi connectivity index (χ1) is 18.8. The second kappa shape index (κ2) is 13.3. The minimum absolute atomic E-state index is 0.0693. The number of carbonyl (C=O) groups is 1. The van der Waals surface area contributed by atoms with Crippen LogP contribution in [0.5, 0.6) is 0 Å². The summed E-state index contributed by atoms with van der Waals surface area (Å²) in [6, 6.07) is 4.51. The van der Waals surface area contributed by atoms with E-state index in [9.17, 15) is 17.6 Å². The lowest BCUT2D eigenvalue weighted by Crippen LogP contribution is -2.45. The van der Waals surface area contributed by atoms with Crippen molar-refractivity contribution in [2.24, 2.45) is 5.10 Å². The first-order valence-electron chi connectivity index (χ1n) is 12.8. The van der Waals surface area contributed by atoms with Crippen molar-refractivity contribution in [1.29, 1.82) is 0 Å². The quantitative estimate of drug-likeness (QED) is 0.506. The van der Waals surface area contributed by atoms with Crippen molar-refractivity contribution in [3.8, 4) is 0 Å². The Morgan fingerprint density at radius 3 is 2.49 bits per heavy atom. The second-order valence-corrected chi connectivity index (χ2v) is 9.01. The highest BCUT2D eigenvalue weighted by molar-refractivity contribution is 6.00. The molecule has 7 nitrogen and oxygen atoms in total. The SMILES string of the molecule is C=O.CC.CN1C=CC(C2NN=C(N3CCC(Nc4ccc(F)cc4C(F)(F)F)CC3)c3cnccc32)=CC1.